The van der Waals surface area contributed by atoms with E-state index < -0.39 is 71.1 Å². The standard InChI is InChI=1S/C32H52N6O7/c1-10-13-33-26(40)22(39)18-34-27(41)24-21(17-20(2)3)12-15-38(24)28(42)25(32(7,8)9)36-29(43)35-23(31(4,5)6)19-37-14-11-16-45-30(37)44/h10,17,21,23-25H,1,11-16,18-19H2,2-9H3,(H,33,40)(H,34,41)(H2,35,36,43)/t21-,23-,24+,25-/m1/s1. The normalized spacial score (nSPS) is 19.9. The van der Waals surface area contributed by atoms with Crippen molar-refractivity contribution in [2.24, 2.45) is 16.7 Å². The molecule has 0 aromatic heterocycles. The van der Waals surface area contributed by atoms with Crippen molar-refractivity contribution in [1.82, 2.24) is 31.1 Å². The third-order valence-electron chi connectivity index (χ3n) is 7.83. The van der Waals surface area contributed by atoms with Crippen LogP contribution in [0.2, 0.25) is 0 Å². The first-order valence-corrected chi connectivity index (χ1v) is 15.5. The number of nitrogens with one attached hydrogen (secondary N) is 4. The topological polar surface area (TPSA) is 166 Å². The molecule has 0 spiro atoms. The van der Waals surface area contributed by atoms with Gasteiger partial charge in [-0.3, -0.25) is 19.2 Å². The fraction of sp³-hybridized carbons (Fsp3) is 0.688. The highest BCUT2D eigenvalue weighted by atomic mass is 16.6. The molecule has 2 rings (SSSR count). The number of carbonyl (C=O) groups is 6. The Kier molecular flexibility index (Phi) is 13.2. The van der Waals surface area contributed by atoms with Gasteiger partial charge in [-0.05, 0) is 37.5 Å². The van der Waals surface area contributed by atoms with E-state index >= 15 is 0 Å². The number of urea groups is 1. The lowest BCUT2D eigenvalue weighted by Crippen LogP contribution is -2.62. The summed E-state index contributed by atoms with van der Waals surface area (Å²) in [6.45, 7) is 19.6. The maximum absolute atomic E-state index is 14.2. The van der Waals surface area contributed by atoms with E-state index in [1.807, 2.05) is 61.5 Å². The van der Waals surface area contributed by atoms with E-state index in [0.29, 0.717) is 26.0 Å². The summed E-state index contributed by atoms with van der Waals surface area (Å²) in [5.41, 5.74) is -0.203. The number of likely N-dealkylation sites (tertiary alicyclic amines) is 1. The van der Waals surface area contributed by atoms with Crippen molar-refractivity contribution < 1.29 is 33.5 Å². The van der Waals surface area contributed by atoms with Gasteiger partial charge in [-0.15, -0.1) is 6.58 Å². The van der Waals surface area contributed by atoms with Crippen LogP contribution < -0.4 is 21.3 Å². The third-order valence-corrected chi connectivity index (χ3v) is 7.83. The van der Waals surface area contributed by atoms with Crippen LogP contribution in [-0.2, 0) is 23.9 Å². The monoisotopic (exact) mass is 632 g/mol. The van der Waals surface area contributed by atoms with Gasteiger partial charge in [0, 0.05) is 32.1 Å². The van der Waals surface area contributed by atoms with Gasteiger partial charge >= 0.3 is 12.1 Å². The Morgan fingerprint density at radius 3 is 2.22 bits per heavy atom. The number of hydrogen-bond donors (Lipinski definition) is 4. The fourth-order valence-electron chi connectivity index (χ4n) is 5.28. The SMILES string of the molecule is C=CCNC(=O)C(=O)CNC(=O)[C@@H]1[C@@H](C=C(C)C)CCN1C(=O)[C@@H](NC(=O)N[C@H](CN1CCCOC1=O)C(C)(C)C)C(C)(C)C. The highest BCUT2D eigenvalue weighted by Crippen LogP contribution is 2.31. The lowest BCUT2D eigenvalue weighted by Gasteiger charge is -2.39. The minimum atomic E-state index is -1.01. The summed E-state index contributed by atoms with van der Waals surface area (Å²) < 4.78 is 5.16. The van der Waals surface area contributed by atoms with Crippen molar-refractivity contribution in [2.45, 2.75) is 86.4 Å². The van der Waals surface area contributed by atoms with Gasteiger partial charge in [0.15, 0.2) is 0 Å². The van der Waals surface area contributed by atoms with E-state index in [1.54, 1.807) is 4.90 Å². The van der Waals surface area contributed by atoms with Crippen molar-refractivity contribution in [1.29, 1.82) is 0 Å². The largest absolute Gasteiger partial charge is 0.449 e. The van der Waals surface area contributed by atoms with Gasteiger partial charge < -0.3 is 35.8 Å². The number of hydrogen-bond acceptors (Lipinski definition) is 7. The average Bonchev–Trinajstić information content (AvgIpc) is 3.35. The van der Waals surface area contributed by atoms with Crippen LogP contribution in [-0.4, -0.2) is 103 Å². The molecule has 0 aromatic carbocycles. The van der Waals surface area contributed by atoms with Crippen LogP contribution in [0.15, 0.2) is 24.3 Å². The summed E-state index contributed by atoms with van der Waals surface area (Å²) in [6, 6.07) is -2.98. The van der Waals surface area contributed by atoms with Crippen LogP contribution >= 0.6 is 0 Å². The Morgan fingerprint density at radius 2 is 1.67 bits per heavy atom. The summed E-state index contributed by atoms with van der Waals surface area (Å²) >= 11 is 0. The predicted molar refractivity (Wildman–Crippen MR) is 170 cm³/mol. The third kappa shape index (κ3) is 10.9. The Labute approximate surface area is 266 Å². The first kappa shape index (κ1) is 37.3. The van der Waals surface area contributed by atoms with Crippen LogP contribution in [0.4, 0.5) is 9.59 Å². The average molecular weight is 633 g/mol. The number of rotatable bonds is 12. The molecule has 0 aromatic rings. The van der Waals surface area contributed by atoms with Gasteiger partial charge in [-0.1, -0.05) is 59.3 Å². The van der Waals surface area contributed by atoms with E-state index in [4.69, 9.17) is 4.74 Å². The fourth-order valence-corrected chi connectivity index (χ4v) is 5.28. The Morgan fingerprint density at radius 1 is 1.00 bits per heavy atom. The summed E-state index contributed by atoms with van der Waals surface area (Å²) in [5.74, 6) is -3.00. The zero-order chi connectivity index (χ0) is 34.1. The molecule has 252 valence electrons. The molecule has 6 amide bonds. The number of carbonyl (C=O) groups excluding carboxylic acids is 6. The van der Waals surface area contributed by atoms with Crippen molar-refractivity contribution in [2.75, 3.05) is 39.3 Å². The minimum Gasteiger partial charge on any atom is -0.449 e. The highest BCUT2D eigenvalue weighted by Gasteiger charge is 2.46. The number of nitrogens with zero attached hydrogens (tertiary/aromatic N) is 2. The molecule has 13 nitrogen and oxygen atoms in total. The predicted octanol–water partition coefficient (Wildman–Crippen LogP) is 2.13. The smallest absolute Gasteiger partial charge is 0.409 e. The first-order valence-electron chi connectivity index (χ1n) is 15.5. The number of Topliss-reactive ketones (excluding diaryl/α,β-unsaturated/α-hetero) is 1. The van der Waals surface area contributed by atoms with Gasteiger partial charge in [-0.2, -0.15) is 0 Å². The molecule has 0 aliphatic carbocycles. The van der Waals surface area contributed by atoms with Crippen molar-refractivity contribution in [3.05, 3.63) is 24.3 Å². The first-order chi connectivity index (χ1) is 20.9. The van der Waals surface area contributed by atoms with Crippen molar-refractivity contribution >= 4 is 35.6 Å². The molecule has 0 bridgehead atoms. The lowest BCUT2D eigenvalue weighted by atomic mass is 9.85. The van der Waals surface area contributed by atoms with Crippen LogP contribution in [0.3, 0.4) is 0 Å². The molecule has 2 fully saturated rings. The zero-order valence-electron chi connectivity index (χ0n) is 28.1. The lowest BCUT2D eigenvalue weighted by molar-refractivity contribution is -0.143. The molecular weight excluding hydrogens is 580 g/mol. The number of amides is 6. The molecule has 45 heavy (non-hydrogen) atoms. The second-order valence-corrected chi connectivity index (χ2v) is 14.1. The number of allylic oxidation sites excluding steroid dienone is 1. The van der Waals surface area contributed by atoms with Gasteiger partial charge in [0.1, 0.15) is 12.1 Å². The molecular formula is C32H52N6O7. The maximum Gasteiger partial charge on any atom is 0.409 e. The molecule has 0 unspecified atom stereocenters. The molecule has 4 N–H and O–H groups in total. The Bertz CT molecular complexity index is 1170. The van der Waals surface area contributed by atoms with Gasteiger partial charge in [0.25, 0.3) is 5.91 Å². The summed E-state index contributed by atoms with van der Waals surface area (Å²) in [5, 5.41) is 10.7. The van der Waals surface area contributed by atoms with E-state index in [9.17, 15) is 28.8 Å². The Hall–Kier alpha value is -3.90. The van der Waals surface area contributed by atoms with Crippen LogP contribution in [0.5, 0.6) is 0 Å². The highest BCUT2D eigenvalue weighted by molar-refractivity contribution is 6.37. The minimum absolute atomic E-state index is 0.113. The van der Waals surface area contributed by atoms with Crippen LogP contribution in [0.25, 0.3) is 0 Å². The second kappa shape index (κ2) is 15.9. The molecule has 2 aliphatic heterocycles. The maximum atomic E-state index is 14.2. The van der Waals surface area contributed by atoms with Gasteiger partial charge in [-0.25, -0.2) is 9.59 Å². The van der Waals surface area contributed by atoms with Crippen LogP contribution in [0, 0.1) is 16.7 Å². The quantitative estimate of drug-likeness (QED) is 0.189. The summed E-state index contributed by atoms with van der Waals surface area (Å²) in [7, 11) is 0. The Balaban J connectivity index is 2.25. The number of cyclic esters (lactones) is 1. The summed E-state index contributed by atoms with van der Waals surface area (Å²) in [6.07, 6.45) is 4.13. The molecule has 4 atom stereocenters. The second-order valence-electron chi connectivity index (χ2n) is 14.1. The number of ketones is 1. The number of ether oxygens (including phenoxy) is 1. The molecule has 2 aliphatic rings. The van der Waals surface area contributed by atoms with Crippen molar-refractivity contribution in [3.8, 4) is 0 Å². The van der Waals surface area contributed by atoms with E-state index in [1.165, 1.54) is 11.0 Å². The van der Waals surface area contributed by atoms with E-state index in [2.05, 4.69) is 27.8 Å². The molecule has 0 radical (unpaired) electrons. The summed E-state index contributed by atoms with van der Waals surface area (Å²) in [4.78, 5) is 80.6. The molecule has 2 saturated heterocycles. The molecule has 0 saturated carbocycles. The van der Waals surface area contributed by atoms with Crippen molar-refractivity contribution in [3.63, 3.8) is 0 Å². The van der Waals surface area contributed by atoms with Crippen LogP contribution in [0.1, 0.15) is 68.2 Å². The molecule has 2 heterocycles. The molecule has 13 heteroatoms. The van der Waals surface area contributed by atoms with E-state index in [0.717, 1.165) is 5.57 Å². The van der Waals surface area contributed by atoms with Gasteiger partial charge in [0.05, 0.1) is 19.2 Å². The van der Waals surface area contributed by atoms with E-state index in [-0.39, 0.29) is 25.6 Å². The zero-order valence-corrected chi connectivity index (χ0v) is 28.1. The van der Waals surface area contributed by atoms with Gasteiger partial charge in [0.2, 0.25) is 17.6 Å².